The maximum atomic E-state index is 11.8. The molecule has 0 bridgehead atoms. The van der Waals surface area contributed by atoms with E-state index in [0.29, 0.717) is 37.0 Å². The highest BCUT2D eigenvalue weighted by Gasteiger charge is 2.14. The zero-order valence-electron chi connectivity index (χ0n) is 15.5. The number of esters is 1. The van der Waals surface area contributed by atoms with Gasteiger partial charge in [0, 0.05) is 19.2 Å². The number of rotatable bonds is 10. The molecule has 2 rings (SSSR count). The first-order chi connectivity index (χ1) is 12.6. The number of methoxy groups -OCH3 is 1. The van der Waals surface area contributed by atoms with E-state index in [4.69, 9.17) is 21.7 Å². The van der Waals surface area contributed by atoms with Crippen molar-refractivity contribution in [1.82, 2.24) is 19.7 Å². The van der Waals surface area contributed by atoms with Crippen molar-refractivity contribution in [3.63, 3.8) is 0 Å². The smallest absolute Gasteiger partial charge is 0.320 e. The number of aromatic amines is 1. The van der Waals surface area contributed by atoms with Crippen molar-refractivity contribution >= 4 is 18.2 Å². The summed E-state index contributed by atoms with van der Waals surface area (Å²) in [6.07, 6.45) is 0.993. The minimum Gasteiger partial charge on any atom is -0.465 e. The molecule has 0 atom stereocenters. The van der Waals surface area contributed by atoms with Crippen LogP contribution < -0.4 is 0 Å². The Kier molecular flexibility index (Phi) is 7.96. The van der Waals surface area contributed by atoms with Gasteiger partial charge in [-0.3, -0.25) is 14.8 Å². The Bertz CT molecular complexity index is 755. The van der Waals surface area contributed by atoms with Crippen molar-refractivity contribution in [3.8, 4) is 11.4 Å². The van der Waals surface area contributed by atoms with Crippen LogP contribution in [0.2, 0.25) is 0 Å². The first-order valence-corrected chi connectivity index (χ1v) is 9.11. The molecule has 0 spiro atoms. The van der Waals surface area contributed by atoms with Gasteiger partial charge in [-0.1, -0.05) is 31.2 Å². The van der Waals surface area contributed by atoms with Gasteiger partial charge in [0.1, 0.15) is 0 Å². The SMILES string of the molecule is CCOC(=O)CN(CCOC)Cn1[nH]c(-c2ccc(CC)cc2)nc1=S. The Hall–Kier alpha value is -2.03. The van der Waals surface area contributed by atoms with Crippen LogP contribution in [0.3, 0.4) is 0 Å². The molecule has 0 aliphatic heterocycles. The van der Waals surface area contributed by atoms with Crippen LogP contribution in [0.4, 0.5) is 0 Å². The third-order valence-corrected chi connectivity index (χ3v) is 4.24. The second kappa shape index (κ2) is 10.2. The summed E-state index contributed by atoms with van der Waals surface area (Å²) in [6, 6.07) is 8.21. The molecule has 2 aromatic rings. The third-order valence-electron chi connectivity index (χ3n) is 3.93. The number of ether oxygens (including phenoxy) is 2. The van der Waals surface area contributed by atoms with Crippen LogP contribution in [0.1, 0.15) is 19.4 Å². The molecule has 0 amide bonds. The summed E-state index contributed by atoms with van der Waals surface area (Å²) < 4.78 is 12.3. The van der Waals surface area contributed by atoms with E-state index >= 15 is 0 Å². The molecule has 26 heavy (non-hydrogen) atoms. The fourth-order valence-electron chi connectivity index (χ4n) is 2.49. The zero-order valence-corrected chi connectivity index (χ0v) is 16.3. The Labute approximate surface area is 158 Å². The van der Waals surface area contributed by atoms with Gasteiger partial charge in [0.05, 0.1) is 26.4 Å². The van der Waals surface area contributed by atoms with E-state index in [1.54, 1.807) is 18.7 Å². The molecule has 8 heteroatoms. The molecule has 0 unspecified atom stereocenters. The first-order valence-electron chi connectivity index (χ1n) is 8.70. The summed E-state index contributed by atoms with van der Waals surface area (Å²) >= 11 is 5.36. The van der Waals surface area contributed by atoms with E-state index in [-0.39, 0.29) is 12.5 Å². The van der Waals surface area contributed by atoms with Crippen molar-refractivity contribution in [2.45, 2.75) is 26.9 Å². The normalized spacial score (nSPS) is 11.1. The highest BCUT2D eigenvalue weighted by molar-refractivity contribution is 7.71. The molecular formula is C18H26N4O3S. The molecule has 0 radical (unpaired) electrons. The largest absolute Gasteiger partial charge is 0.465 e. The van der Waals surface area contributed by atoms with Crippen LogP contribution in [0.25, 0.3) is 11.4 Å². The van der Waals surface area contributed by atoms with Gasteiger partial charge in [-0.05, 0) is 31.1 Å². The van der Waals surface area contributed by atoms with E-state index in [1.807, 2.05) is 17.0 Å². The van der Waals surface area contributed by atoms with E-state index < -0.39 is 0 Å². The zero-order chi connectivity index (χ0) is 18.9. The molecule has 7 nitrogen and oxygen atoms in total. The van der Waals surface area contributed by atoms with E-state index in [9.17, 15) is 4.79 Å². The Morgan fingerprint density at radius 1 is 1.31 bits per heavy atom. The molecule has 0 saturated carbocycles. The van der Waals surface area contributed by atoms with Gasteiger partial charge in [-0.25, -0.2) is 4.68 Å². The van der Waals surface area contributed by atoms with Crippen LogP contribution in [-0.4, -0.2) is 59.0 Å². The molecule has 1 aromatic heterocycles. The van der Waals surface area contributed by atoms with E-state index in [1.165, 1.54) is 5.56 Å². The summed E-state index contributed by atoms with van der Waals surface area (Å²) in [7, 11) is 1.63. The summed E-state index contributed by atoms with van der Waals surface area (Å²) in [5.74, 6) is 0.436. The number of benzene rings is 1. The van der Waals surface area contributed by atoms with Crippen molar-refractivity contribution in [2.75, 3.05) is 33.4 Å². The fourth-order valence-corrected chi connectivity index (χ4v) is 2.68. The number of aryl methyl sites for hydroxylation is 1. The lowest BCUT2D eigenvalue weighted by molar-refractivity contribution is -0.145. The number of H-pyrrole nitrogens is 1. The molecule has 0 aliphatic carbocycles. The summed E-state index contributed by atoms with van der Waals surface area (Å²) in [5.41, 5.74) is 2.24. The van der Waals surface area contributed by atoms with Crippen molar-refractivity contribution in [2.24, 2.45) is 0 Å². The third kappa shape index (κ3) is 5.76. The fraction of sp³-hybridized carbons (Fsp3) is 0.500. The summed E-state index contributed by atoms with van der Waals surface area (Å²) in [5, 5.41) is 3.21. The number of aromatic nitrogens is 3. The van der Waals surface area contributed by atoms with Gasteiger partial charge in [-0.2, -0.15) is 4.98 Å². The monoisotopic (exact) mass is 378 g/mol. The summed E-state index contributed by atoms with van der Waals surface area (Å²) in [4.78, 5) is 18.1. The lowest BCUT2D eigenvalue weighted by Gasteiger charge is -2.20. The molecule has 0 fully saturated rings. The lowest BCUT2D eigenvalue weighted by atomic mass is 10.1. The van der Waals surface area contributed by atoms with Gasteiger partial charge in [0.25, 0.3) is 0 Å². The van der Waals surface area contributed by atoms with Crippen LogP contribution >= 0.6 is 12.2 Å². The predicted octanol–water partition coefficient (Wildman–Crippen LogP) is 2.64. The highest BCUT2D eigenvalue weighted by Crippen LogP contribution is 2.16. The minimum atomic E-state index is -0.273. The lowest BCUT2D eigenvalue weighted by Crippen LogP contribution is -2.35. The Morgan fingerprint density at radius 3 is 2.65 bits per heavy atom. The molecule has 0 saturated heterocycles. The van der Waals surface area contributed by atoms with Crippen LogP contribution in [0.15, 0.2) is 24.3 Å². The summed E-state index contributed by atoms with van der Waals surface area (Å²) in [6.45, 7) is 5.93. The predicted molar refractivity (Wildman–Crippen MR) is 102 cm³/mol. The molecule has 1 heterocycles. The molecule has 1 aromatic carbocycles. The van der Waals surface area contributed by atoms with Crippen molar-refractivity contribution in [3.05, 3.63) is 34.6 Å². The number of carbonyl (C=O) groups excluding carboxylic acids is 1. The van der Waals surface area contributed by atoms with Gasteiger partial charge in [-0.15, -0.1) is 0 Å². The average Bonchev–Trinajstić information content (AvgIpc) is 3.00. The number of nitrogens with one attached hydrogen (secondary N) is 1. The second-order valence-corrected chi connectivity index (χ2v) is 6.19. The number of hydrogen-bond acceptors (Lipinski definition) is 6. The van der Waals surface area contributed by atoms with Crippen molar-refractivity contribution < 1.29 is 14.3 Å². The van der Waals surface area contributed by atoms with Gasteiger partial charge in [0.15, 0.2) is 5.82 Å². The van der Waals surface area contributed by atoms with Crippen LogP contribution in [0, 0.1) is 4.77 Å². The minimum absolute atomic E-state index is 0.165. The van der Waals surface area contributed by atoms with Crippen molar-refractivity contribution in [1.29, 1.82) is 0 Å². The highest BCUT2D eigenvalue weighted by atomic mass is 32.1. The molecule has 0 aliphatic rings. The Balaban J connectivity index is 2.13. The van der Waals surface area contributed by atoms with Crippen LogP contribution in [-0.2, 0) is 27.4 Å². The molecule has 1 N–H and O–H groups in total. The topological polar surface area (TPSA) is 72.4 Å². The maximum absolute atomic E-state index is 11.8. The van der Waals surface area contributed by atoms with Gasteiger partial charge in [0.2, 0.25) is 4.77 Å². The second-order valence-electron chi connectivity index (χ2n) is 5.83. The number of carbonyl (C=O) groups is 1. The van der Waals surface area contributed by atoms with E-state index in [2.05, 4.69) is 29.1 Å². The van der Waals surface area contributed by atoms with E-state index in [0.717, 1.165) is 12.0 Å². The van der Waals surface area contributed by atoms with Gasteiger partial charge >= 0.3 is 5.97 Å². The van der Waals surface area contributed by atoms with Crippen LogP contribution in [0.5, 0.6) is 0 Å². The molecule has 142 valence electrons. The number of hydrogen-bond donors (Lipinski definition) is 1. The molecular weight excluding hydrogens is 352 g/mol. The standard InChI is InChI=1S/C18H26N4O3S/c1-4-14-6-8-15(9-7-14)17-19-18(26)22(20-17)13-21(10-11-24-3)12-16(23)25-5-2/h6-9H,4-5,10-13H2,1-3H3,(H,19,20,26). The maximum Gasteiger partial charge on any atom is 0.320 e. The Morgan fingerprint density at radius 2 is 2.04 bits per heavy atom. The van der Waals surface area contributed by atoms with Gasteiger partial charge < -0.3 is 9.47 Å². The first kappa shape index (κ1) is 20.3. The quantitative estimate of drug-likeness (QED) is 0.506. The number of nitrogens with zero attached hydrogens (tertiary/aromatic N) is 3. The average molecular weight is 378 g/mol.